The maximum atomic E-state index is 12.9. The molecule has 14 rings (SSSR count). The van der Waals surface area contributed by atoms with Gasteiger partial charge >= 0.3 is 11.9 Å². The van der Waals surface area contributed by atoms with Crippen molar-refractivity contribution in [3.05, 3.63) is 23.3 Å². The van der Waals surface area contributed by atoms with Crippen molar-refractivity contribution < 1.29 is 118 Å². The second kappa shape index (κ2) is 21.6. The number of hydrogen-bond donors (Lipinski definition) is 12. The van der Waals surface area contributed by atoms with Gasteiger partial charge in [-0.05, 0) is 141 Å². The van der Waals surface area contributed by atoms with Crippen molar-refractivity contribution >= 4 is 11.9 Å². The van der Waals surface area contributed by atoms with Crippen LogP contribution in [0.4, 0.5) is 0 Å². The SMILES string of the molecule is C[C@@H]1O[C@@H](O[C@H]2C[C@@H](O)[C@]3(CO)C4C(CC[C@]3(O)C2)[C@@]2(O)CC[C@H](C3=CC(=O)OC3)[C@@]2(C)C[C@H]4O)[C@H](O)[C@H](O)[C@H]1O.C[C@@H]1O[C@@H](O[C@H]2C[C@H]3OC(C)(C)OC[C@]34C3C(CC[C@]4(O)C2)[C@@]2(O)CC[C@H](C4=CC(=O)OC4)[C@@]2(C)C[C@H]3O)[C@@H]2OC(C)(C)O[C@@H]2[C@H]1O. The number of esters is 2. The van der Waals surface area contributed by atoms with Gasteiger partial charge in [-0.2, -0.15) is 0 Å². The Kier molecular flexibility index (Phi) is 15.8. The summed E-state index contributed by atoms with van der Waals surface area (Å²) in [6.07, 6.45) is -7.43. The minimum Gasteiger partial charge on any atom is -0.458 e. The molecule has 24 nitrogen and oxygen atoms in total. The molecule has 0 aromatic rings. The molecule has 496 valence electrons. The second-order valence-electron chi connectivity index (χ2n) is 30.9. The maximum absolute atomic E-state index is 12.9. The zero-order valence-corrected chi connectivity index (χ0v) is 51.8. The molecule has 0 amide bonds. The summed E-state index contributed by atoms with van der Waals surface area (Å²) in [5.74, 6) is -5.03. The lowest BCUT2D eigenvalue weighted by Gasteiger charge is -2.71. The number of fused-ring (bicyclic) bond motifs is 9. The molecule has 6 heterocycles. The van der Waals surface area contributed by atoms with Crippen molar-refractivity contribution in [2.45, 2.75) is 277 Å². The van der Waals surface area contributed by atoms with Gasteiger partial charge in [0.2, 0.25) is 0 Å². The molecular formula is C64H96O24. The number of hydrogen-bond acceptors (Lipinski definition) is 24. The molecule has 0 bridgehead atoms. The van der Waals surface area contributed by atoms with E-state index >= 15 is 0 Å². The van der Waals surface area contributed by atoms with Gasteiger partial charge in [-0.15, -0.1) is 0 Å². The standard InChI is InChI=1S/C35H52O12.C29H44O12/c1-17-26(38)27-28(47-31(4,5)46-27)29(43-17)44-19-12-23-34(16-42-30(2,3)45-23)25-21(7-9-33(34,39)13-19)35(40)10-8-20(18-11-24(37)41-15-18)32(35,6)14-22(25)36;1-13-22(34)23(35)24(36)25(40-13)41-15-8-19(32)28(12-30)21-17(3-5-27(28,37)9-15)29(38)6-4-16(14-7-20(33)39-11-14)26(29,2)10-18(21)31/h11,17,19-23,25-29,36,38-40H,7-10,12-16H2,1-6H3;7,13,15-19,21-25,30-32,34-38H,3-6,8-12H2,1-2H3/t17-,19-,20+,21?,22+,23+,25?,26-,27+,28+,29-,32+,33-,34+,35-;13-,15-,16+,17?,18+,19+,21?,22-,23+,24+,25-,26+,27-,28+,29-/m00/s1. The van der Waals surface area contributed by atoms with Gasteiger partial charge in [0, 0.05) is 60.5 Å². The lowest BCUT2D eigenvalue weighted by Crippen LogP contribution is -2.78. The van der Waals surface area contributed by atoms with Crippen LogP contribution >= 0.6 is 0 Å². The first kappa shape index (κ1) is 64.3. The minimum absolute atomic E-state index is 0.0369. The van der Waals surface area contributed by atoms with E-state index in [0.717, 1.165) is 11.1 Å². The fourth-order valence-corrected chi connectivity index (χ4v) is 21.8. The summed E-state index contributed by atoms with van der Waals surface area (Å²) in [6, 6.07) is 0. The Morgan fingerprint density at radius 2 is 1.07 bits per heavy atom. The van der Waals surface area contributed by atoms with Crippen molar-refractivity contribution in [3.63, 3.8) is 0 Å². The normalized spacial score (nSPS) is 56.4. The van der Waals surface area contributed by atoms with E-state index in [1.165, 1.54) is 13.0 Å². The topological polar surface area (TPSA) is 369 Å². The van der Waals surface area contributed by atoms with Crippen LogP contribution in [-0.4, -0.2) is 232 Å². The third-order valence-corrected chi connectivity index (χ3v) is 25.9. The Labute approximate surface area is 512 Å². The zero-order valence-electron chi connectivity index (χ0n) is 51.8. The number of cyclic esters (lactones) is 2. The molecule has 14 aliphatic rings. The van der Waals surface area contributed by atoms with Crippen LogP contribution in [0, 0.1) is 57.2 Å². The van der Waals surface area contributed by atoms with Gasteiger partial charge in [-0.3, -0.25) is 0 Å². The van der Waals surface area contributed by atoms with Crippen LogP contribution in [0.5, 0.6) is 0 Å². The number of ether oxygens (including phenoxy) is 10. The summed E-state index contributed by atoms with van der Waals surface area (Å²) in [5, 5.41) is 138. The van der Waals surface area contributed by atoms with E-state index in [0.29, 0.717) is 57.8 Å². The maximum Gasteiger partial charge on any atom is 0.331 e. The second-order valence-corrected chi connectivity index (χ2v) is 30.9. The van der Waals surface area contributed by atoms with Crippen LogP contribution in [0.3, 0.4) is 0 Å². The predicted octanol–water partition coefficient (Wildman–Crippen LogP) is 0.567. The molecule has 6 aliphatic heterocycles. The summed E-state index contributed by atoms with van der Waals surface area (Å²) >= 11 is 0. The summed E-state index contributed by atoms with van der Waals surface area (Å²) in [5.41, 5.74) is -7.70. The smallest absolute Gasteiger partial charge is 0.331 e. The number of aliphatic hydroxyl groups excluding tert-OH is 8. The lowest BCUT2D eigenvalue weighted by molar-refractivity contribution is -0.407. The number of rotatable bonds is 7. The first-order valence-corrected chi connectivity index (χ1v) is 32.4. The quantitative estimate of drug-likeness (QED) is 0.122. The van der Waals surface area contributed by atoms with Crippen molar-refractivity contribution in [3.8, 4) is 0 Å². The van der Waals surface area contributed by atoms with Gasteiger partial charge in [0.05, 0.1) is 95.3 Å². The molecule has 0 aromatic heterocycles. The van der Waals surface area contributed by atoms with E-state index in [-0.39, 0.29) is 75.6 Å². The van der Waals surface area contributed by atoms with Crippen LogP contribution < -0.4 is 0 Å². The highest BCUT2D eigenvalue weighted by Crippen LogP contribution is 2.74. The summed E-state index contributed by atoms with van der Waals surface area (Å²) in [6.45, 7) is 14.5. The fourth-order valence-electron chi connectivity index (χ4n) is 21.8. The van der Waals surface area contributed by atoms with Crippen LogP contribution in [0.15, 0.2) is 23.3 Å². The van der Waals surface area contributed by atoms with Gasteiger partial charge < -0.3 is 109 Å². The molecule has 88 heavy (non-hydrogen) atoms. The molecule has 4 unspecified atom stereocenters. The lowest BCUT2D eigenvalue weighted by atomic mass is 9.40. The van der Waals surface area contributed by atoms with E-state index in [2.05, 4.69) is 6.92 Å². The largest absolute Gasteiger partial charge is 0.458 e. The number of carbonyl (C=O) groups is 2. The van der Waals surface area contributed by atoms with E-state index in [1.54, 1.807) is 26.8 Å². The number of aliphatic hydroxyl groups is 12. The average Bonchev–Trinajstić information content (AvgIpc) is 1.12. The fraction of sp³-hybridized carbons (Fsp3) is 0.906. The highest BCUT2D eigenvalue weighted by molar-refractivity contribution is 5.86. The van der Waals surface area contributed by atoms with E-state index in [9.17, 15) is 70.9 Å². The Morgan fingerprint density at radius 1 is 0.557 bits per heavy atom. The van der Waals surface area contributed by atoms with Gasteiger partial charge in [0.1, 0.15) is 49.8 Å². The van der Waals surface area contributed by atoms with E-state index in [1.807, 2.05) is 20.8 Å². The average molecular weight is 1250 g/mol. The Balaban J connectivity index is 0.000000164. The van der Waals surface area contributed by atoms with Crippen molar-refractivity contribution in [2.75, 3.05) is 26.4 Å². The highest BCUT2D eigenvalue weighted by atomic mass is 16.8. The van der Waals surface area contributed by atoms with Gasteiger partial charge in [-0.1, -0.05) is 13.8 Å². The Bertz CT molecular complexity index is 2780. The van der Waals surface area contributed by atoms with Gasteiger partial charge in [0.15, 0.2) is 24.2 Å². The monoisotopic (exact) mass is 1250 g/mol. The van der Waals surface area contributed by atoms with Crippen LogP contribution in [0.2, 0.25) is 0 Å². The van der Waals surface area contributed by atoms with Crippen molar-refractivity contribution in [1.29, 1.82) is 0 Å². The minimum atomic E-state index is -1.67. The van der Waals surface area contributed by atoms with Crippen LogP contribution in [0.25, 0.3) is 0 Å². The summed E-state index contributed by atoms with van der Waals surface area (Å²) < 4.78 is 60.0. The Morgan fingerprint density at radius 3 is 1.65 bits per heavy atom. The zero-order chi connectivity index (χ0) is 63.2. The molecule has 0 aromatic carbocycles. The molecule has 8 aliphatic carbocycles. The first-order valence-electron chi connectivity index (χ1n) is 32.4. The molecule has 24 heteroatoms. The molecule has 0 radical (unpaired) electrons. The molecule has 30 atom stereocenters. The van der Waals surface area contributed by atoms with Gasteiger partial charge in [0.25, 0.3) is 0 Å². The van der Waals surface area contributed by atoms with Crippen LogP contribution in [0.1, 0.15) is 145 Å². The summed E-state index contributed by atoms with van der Waals surface area (Å²) in [4.78, 5) is 23.8. The highest BCUT2D eigenvalue weighted by Gasteiger charge is 2.79. The van der Waals surface area contributed by atoms with Crippen LogP contribution in [-0.2, 0) is 57.0 Å². The predicted molar refractivity (Wildman–Crippen MR) is 301 cm³/mol. The first-order chi connectivity index (χ1) is 41.1. The van der Waals surface area contributed by atoms with Gasteiger partial charge in [-0.25, -0.2) is 9.59 Å². The molecule has 1 spiro atoms. The molecule has 4 saturated heterocycles. The van der Waals surface area contributed by atoms with Crippen molar-refractivity contribution in [2.24, 2.45) is 57.2 Å². The molecule has 8 saturated carbocycles. The molecular weight excluding hydrogens is 1150 g/mol. The molecule has 12 N–H and O–H groups in total. The third-order valence-electron chi connectivity index (χ3n) is 25.9. The van der Waals surface area contributed by atoms with E-state index < -0.39 is 184 Å². The van der Waals surface area contributed by atoms with Crippen molar-refractivity contribution in [1.82, 2.24) is 0 Å². The Hall–Kier alpha value is -2.38. The van der Waals surface area contributed by atoms with E-state index in [4.69, 9.17) is 47.4 Å². The third kappa shape index (κ3) is 9.23. The molecule has 12 fully saturated rings. The number of carbonyl (C=O) groups excluding carboxylic acids is 2. The summed E-state index contributed by atoms with van der Waals surface area (Å²) in [7, 11) is 0.